The number of pyridine rings is 1. The summed E-state index contributed by atoms with van der Waals surface area (Å²) in [7, 11) is 2.16. The third-order valence-corrected chi connectivity index (χ3v) is 6.15. The van der Waals surface area contributed by atoms with E-state index in [4.69, 9.17) is 9.72 Å². The van der Waals surface area contributed by atoms with Crippen LogP contribution in [0.5, 0.6) is 0 Å². The average Bonchev–Trinajstić information content (AvgIpc) is 3.27. The van der Waals surface area contributed by atoms with Crippen LogP contribution in [0.4, 0.5) is 0 Å². The summed E-state index contributed by atoms with van der Waals surface area (Å²) < 4.78 is 7.34. The second-order valence-corrected chi connectivity index (χ2v) is 9.17. The third-order valence-electron chi connectivity index (χ3n) is 6.15. The molecule has 0 saturated carbocycles. The van der Waals surface area contributed by atoms with E-state index >= 15 is 0 Å². The van der Waals surface area contributed by atoms with Gasteiger partial charge in [-0.2, -0.15) is 5.10 Å². The molecule has 0 bridgehead atoms. The third kappa shape index (κ3) is 5.25. The molecule has 1 saturated heterocycles. The van der Waals surface area contributed by atoms with Crippen LogP contribution in [0.25, 0.3) is 22.3 Å². The van der Waals surface area contributed by atoms with Gasteiger partial charge in [-0.15, -0.1) is 0 Å². The topological polar surface area (TPSA) is 63.5 Å². The normalized spacial score (nSPS) is 14.5. The number of carbonyl (C=O) groups excluding carboxylic acids is 1. The smallest absolute Gasteiger partial charge is 0.254 e. The maximum atomic E-state index is 13.5. The van der Waals surface area contributed by atoms with Gasteiger partial charge in [0.25, 0.3) is 5.91 Å². The number of carbonyl (C=O) groups is 1. The predicted molar refractivity (Wildman–Crippen MR) is 131 cm³/mol. The maximum absolute atomic E-state index is 13.5. The van der Waals surface area contributed by atoms with Crippen molar-refractivity contribution < 1.29 is 9.53 Å². The molecule has 0 unspecified atom stereocenters. The van der Waals surface area contributed by atoms with Gasteiger partial charge in [-0.25, -0.2) is 9.67 Å². The van der Waals surface area contributed by atoms with Crippen molar-refractivity contribution in [3.63, 3.8) is 0 Å². The van der Waals surface area contributed by atoms with E-state index in [1.807, 2.05) is 15.6 Å². The second kappa shape index (κ2) is 10.4. The Morgan fingerprint density at radius 1 is 1.21 bits per heavy atom. The molecule has 4 rings (SSSR count). The molecule has 7 nitrogen and oxygen atoms in total. The summed E-state index contributed by atoms with van der Waals surface area (Å²) >= 11 is 0. The minimum Gasteiger partial charge on any atom is -0.378 e. The molecule has 3 heterocycles. The first-order valence-corrected chi connectivity index (χ1v) is 12.0. The minimum absolute atomic E-state index is 0.0192. The number of hydrogen-bond donors (Lipinski definition) is 0. The molecule has 7 heteroatoms. The number of aromatic nitrogens is 3. The molecule has 0 spiro atoms. The molecule has 0 radical (unpaired) electrons. The highest BCUT2D eigenvalue weighted by Crippen LogP contribution is 2.28. The zero-order valence-corrected chi connectivity index (χ0v) is 20.3. The van der Waals surface area contributed by atoms with Crippen LogP contribution in [-0.4, -0.2) is 70.4 Å². The van der Waals surface area contributed by atoms with Gasteiger partial charge in [-0.1, -0.05) is 31.5 Å². The Morgan fingerprint density at radius 2 is 2.00 bits per heavy atom. The number of benzene rings is 1. The second-order valence-electron chi connectivity index (χ2n) is 9.17. The SMILES string of the molecule is CCCCN(C)Cc1cccc(-c2cc(C(=O)N3CCOCC3)c3cnn(C(C)C)c3n2)c1. The summed E-state index contributed by atoms with van der Waals surface area (Å²) in [6.45, 7) is 10.7. The molecule has 2 aromatic heterocycles. The van der Waals surface area contributed by atoms with E-state index in [0.717, 1.165) is 35.4 Å². The standard InChI is InChI=1S/C26H35N5O2/c1-5-6-10-29(4)18-20-8-7-9-21(15-20)24-16-22(26(32)30-11-13-33-14-12-30)23-17-27-31(19(2)3)25(23)28-24/h7-9,15-17,19H,5-6,10-14,18H2,1-4H3. The van der Waals surface area contributed by atoms with Crippen LogP contribution >= 0.6 is 0 Å². The Morgan fingerprint density at radius 3 is 2.73 bits per heavy atom. The fraction of sp³-hybridized carbons (Fsp3) is 0.500. The first-order chi connectivity index (χ1) is 16.0. The molecule has 0 N–H and O–H groups in total. The molecule has 176 valence electrons. The molecule has 1 fully saturated rings. The van der Waals surface area contributed by atoms with Gasteiger partial charge >= 0.3 is 0 Å². The Balaban J connectivity index is 1.74. The number of fused-ring (bicyclic) bond motifs is 1. The van der Waals surface area contributed by atoms with E-state index in [0.29, 0.717) is 31.9 Å². The molecule has 0 atom stereocenters. The summed E-state index contributed by atoms with van der Waals surface area (Å²) in [4.78, 5) is 22.7. The van der Waals surface area contributed by atoms with Gasteiger partial charge in [-0.3, -0.25) is 4.79 Å². The van der Waals surface area contributed by atoms with Crippen LogP contribution < -0.4 is 0 Å². The number of unbranched alkanes of at least 4 members (excludes halogenated alkanes) is 1. The predicted octanol–water partition coefficient (Wildman–Crippen LogP) is 4.38. The number of rotatable bonds is 8. The Hall–Kier alpha value is -2.77. The lowest BCUT2D eigenvalue weighted by atomic mass is 10.0. The first kappa shape index (κ1) is 23.4. The molecular formula is C26H35N5O2. The summed E-state index contributed by atoms with van der Waals surface area (Å²) in [5.74, 6) is 0.0192. The van der Waals surface area contributed by atoms with Crippen molar-refractivity contribution in [2.45, 2.75) is 46.2 Å². The van der Waals surface area contributed by atoms with Gasteiger partial charge in [0.1, 0.15) is 0 Å². The lowest BCUT2D eigenvalue weighted by Gasteiger charge is -2.27. The van der Waals surface area contributed by atoms with Crippen LogP contribution in [0.1, 0.15) is 55.6 Å². The van der Waals surface area contributed by atoms with Crippen LogP contribution in [-0.2, 0) is 11.3 Å². The lowest BCUT2D eigenvalue weighted by molar-refractivity contribution is 0.0304. The molecular weight excluding hydrogens is 414 g/mol. The van der Waals surface area contributed by atoms with Crippen molar-refractivity contribution in [2.75, 3.05) is 39.9 Å². The number of nitrogens with zero attached hydrogens (tertiary/aromatic N) is 5. The van der Waals surface area contributed by atoms with Gasteiger partial charge in [-0.05, 0) is 51.6 Å². The minimum atomic E-state index is 0.0192. The molecule has 0 aliphatic carbocycles. The number of amides is 1. The highest BCUT2D eigenvalue weighted by molar-refractivity contribution is 6.06. The fourth-order valence-corrected chi connectivity index (χ4v) is 4.31. The van der Waals surface area contributed by atoms with E-state index < -0.39 is 0 Å². The van der Waals surface area contributed by atoms with Crippen LogP contribution in [0, 0.1) is 0 Å². The van der Waals surface area contributed by atoms with Crippen molar-refractivity contribution >= 4 is 16.9 Å². The van der Waals surface area contributed by atoms with E-state index in [2.05, 4.69) is 62.1 Å². The van der Waals surface area contributed by atoms with Crippen molar-refractivity contribution in [1.82, 2.24) is 24.6 Å². The van der Waals surface area contributed by atoms with E-state index in [9.17, 15) is 4.79 Å². The average molecular weight is 450 g/mol. The highest BCUT2D eigenvalue weighted by atomic mass is 16.5. The van der Waals surface area contributed by atoms with Gasteiger partial charge in [0.15, 0.2) is 5.65 Å². The maximum Gasteiger partial charge on any atom is 0.254 e. The van der Waals surface area contributed by atoms with Gasteiger partial charge in [0.2, 0.25) is 0 Å². The number of hydrogen-bond acceptors (Lipinski definition) is 5. The van der Waals surface area contributed by atoms with Gasteiger partial charge in [0, 0.05) is 31.2 Å². The van der Waals surface area contributed by atoms with E-state index in [1.165, 1.54) is 18.4 Å². The number of ether oxygens (including phenoxy) is 1. The van der Waals surface area contributed by atoms with Crippen molar-refractivity contribution in [1.29, 1.82) is 0 Å². The quantitative estimate of drug-likeness (QED) is 0.511. The number of morpholine rings is 1. The largest absolute Gasteiger partial charge is 0.378 e. The fourth-order valence-electron chi connectivity index (χ4n) is 4.31. The summed E-state index contributed by atoms with van der Waals surface area (Å²) in [6.07, 6.45) is 4.16. The molecule has 33 heavy (non-hydrogen) atoms. The summed E-state index contributed by atoms with van der Waals surface area (Å²) in [5.41, 5.74) is 4.48. The molecule has 3 aromatic rings. The Bertz CT molecular complexity index is 1100. The zero-order valence-electron chi connectivity index (χ0n) is 20.3. The van der Waals surface area contributed by atoms with Crippen molar-refractivity contribution in [3.05, 3.63) is 47.7 Å². The molecule has 1 amide bonds. The molecule has 1 aromatic carbocycles. The van der Waals surface area contributed by atoms with Crippen molar-refractivity contribution in [3.8, 4) is 11.3 Å². The highest BCUT2D eigenvalue weighted by Gasteiger charge is 2.24. The van der Waals surface area contributed by atoms with Crippen LogP contribution in [0.15, 0.2) is 36.5 Å². The van der Waals surface area contributed by atoms with E-state index in [1.54, 1.807) is 6.20 Å². The van der Waals surface area contributed by atoms with Crippen LogP contribution in [0.2, 0.25) is 0 Å². The zero-order chi connectivity index (χ0) is 23.4. The van der Waals surface area contributed by atoms with Crippen LogP contribution in [0.3, 0.4) is 0 Å². The monoisotopic (exact) mass is 449 g/mol. The van der Waals surface area contributed by atoms with E-state index in [-0.39, 0.29) is 11.9 Å². The Kier molecular flexibility index (Phi) is 7.40. The first-order valence-electron chi connectivity index (χ1n) is 12.0. The Labute approximate surface area is 196 Å². The van der Waals surface area contributed by atoms with Gasteiger partial charge < -0.3 is 14.5 Å². The molecule has 1 aliphatic rings. The molecule has 1 aliphatic heterocycles. The summed E-state index contributed by atoms with van der Waals surface area (Å²) in [6, 6.07) is 10.6. The summed E-state index contributed by atoms with van der Waals surface area (Å²) in [5, 5.41) is 5.36. The van der Waals surface area contributed by atoms with Gasteiger partial charge in [0.05, 0.1) is 36.1 Å². The van der Waals surface area contributed by atoms with Crippen molar-refractivity contribution in [2.24, 2.45) is 0 Å². The lowest BCUT2D eigenvalue weighted by Crippen LogP contribution is -2.40.